The number of hydrogen-bond acceptors (Lipinski definition) is 5. The molecule has 0 saturated heterocycles. The molecule has 0 aromatic heterocycles. The van der Waals surface area contributed by atoms with E-state index >= 15 is 0 Å². The van der Waals surface area contributed by atoms with Crippen molar-refractivity contribution in [2.45, 2.75) is 12.5 Å². The van der Waals surface area contributed by atoms with Gasteiger partial charge in [0.2, 0.25) is 0 Å². The van der Waals surface area contributed by atoms with Crippen LogP contribution in [0.1, 0.15) is 12.5 Å². The monoisotopic (exact) mass is 240 g/mol. The number of nitro benzene ring substituents is 1. The van der Waals surface area contributed by atoms with E-state index in [9.17, 15) is 10.1 Å². The van der Waals surface area contributed by atoms with E-state index in [4.69, 9.17) is 15.2 Å². The molecule has 0 aliphatic carbocycles. The van der Waals surface area contributed by atoms with E-state index in [1.165, 1.54) is 20.3 Å². The van der Waals surface area contributed by atoms with E-state index in [2.05, 4.69) is 0 Å². The Morgan fingerprint density at radius 3 is 2.53 bits per heavy atom. The fourth-order valence-corrected chi connectivity index (χ4v) is 1.54. The minimum Gasteiger partial charge on any atom is -0.497 e. The smallest absolute Gasteiger partial charge is 0.279 e. The molecule has 6 heteroatoms. The quantitative estimate of drug-likeness (QED) is 0.621. The zero-order valence-corrected chi connectivity index (χ0v) is 10.1. The van der Waals surface area contributed by atoms with Crippen LogP contribution in [0.2, 0.25) is 0 Å². The van der Waals surface area contributed by atoms with Gasteiger partial charge in [0, 0.05) is 13.7 Å². The van der Waals surface area contributed by atoms with Crippen LogP contribution in [0.4, 0.5) is 5.69 Å². The molecule has 6 nitrogen and oxygen atoms in total. The van der Waals surface area contributed by atoms with Crippen molar-refractivity contribution in [3.63, 3.8) is 0 Å². The zero-order chi connectivity index (χ0) is 13.1. The Labute approximate surface area is 99.5 Å². The van der Waals surface area contributed by atoms with Gasteiger partial charge in [0.15, 0.2) is 0 Å². The number of nitro groups is 1. The lowest BCUT2D eigenvalue weighted by Crippen LogP contribution is -2.34. The summed E-state index contributed by atoms with van der Waals surface area (Å²) in [6, 6.07) is 4.62. The van der Waals surface area contributed by atoms with Crippen LogP contribution >= 0.6 is 0 Å². The van der Waals surface area contributed by atoms with E-state index in [1.54, 1.807) is 19.1 Å². The van der Waals surface area contributed by atoms with Crippen LogP contribution in [-0.4, -0.2) is 25.7 Å². The predicted octanol–water partition coefficient (Wildman–Crippen LogP) is 1.42. The molecule has 1 atom stereocenters. The molecular formula is C11H16N2O4. The summed E-state index contributed by atoms with van der Waals surface area (Å²) in [6.45, 7) is 1.86. The molecule has 1 unspecified atom stereocenters. The van der Waals surface area contributed by atoms with Crippen molar-refractivity contribution in [1.29, 1.82) is 0 Å². The molecule has 1 aromatic rings. The third kappa shape index (κ3) is 2.54. The summed E-state index contributed by atoms with van der Waals surface area (Å²) in [5, 5.41) is 11.0. The van der Waals surface area contributed by atoms with Crippen molar-refractivity contribution in [2.24, 2.45) is 5.73 Å². The molecule has 2 N–H and O–H groups in total. The molecule has 0 amide bonds. The molecular weight excluding hydrogens is 224 g/mol. The molecule has 1 rings (SSSR count). The molecule has 0 heterocycles. The molecule has 0 fully saturated rings. The SMILES string of the molecule is COc1ccc(C(C)(CN)OC)c([N+](=O)[O-])c1. The molecule has 0 saturated carbocycles. The fraction of sp³-hybridized carbons (Fsp3) is 0.455. The topological polar surface area (TPSA) is 87.6 Å². The van der Waals surface area contributed by atoms with Gasteiger partial charge in [-0.25, -0.2) is 0 Å². The second-order valence-corrected chi connectivity index (χ2v) is 3.78. The summed E-state index contributed by atoms with van der Waals surface area (Å²) in [5.74, 6) is 0.427. The first kappa shape index (κ1) is 13.4. The molecule has 0 aliphatic rings. The van der Waals surface area contributed by atoms with Gasteiger partial charge in [0.25, 0.3) is 5.69 Å². The van der Waals surface area contributed by atoms with Crippen LogP contribution in [0, 0.1) is 10.1 Å². The minimum absolute atomic E-state index is 0.0563. The van der Waals surface area contributed by atoms with Gasteiger partial charge >= 0.3 is 0 Å². The highest BCUT2D eigenvalue weighted by Crippen LogP contribution is 2.34. The Balaban J connectivity index is 3.37. The molecule has 0 spiro atoms. The number of nitrogens with two attached hydrogens (primary N) is 1. The van der Waals surface area contributed by atoms with E-state index in [0.29, 0.717) is 11.3 Å². The Morgan fingerprint density at radius 2 is 2.12 bits per heavy atom. The lowest BCUT2D eigenvalue weighted by molar-refractivity contribution is -0.386. The maximum absolute atomic E-state index is 11.0. The van der Waals surface area contributed by atoms with Gasteiger partial charge in [-0.3, -0.25) is 10.1 Å². The molecule has 0 bridgehead atoms. The van der Waals surface area contributed by atoms with Crippen LogP contribution in [0.25, 0.3) is 0 Å². The van der Waals surface area contributed by atoms with Crippen molar-refractivity contribution >= 4 is 5.69 Å². The minimum atomic E-state index is -0.880. The first-order valence-electron chi connectivity index (χ1n) is 5.06. The lowest BCUT2D eigenvalue weighted by Gasteiger charge is -2.26. The average molecular weight is 240 g/mol. The highest BCUT2D eigenvalue weighted by Gasteiger charge is 2.32. The number of ether oxygens (including phenoxy) is 2. The first-order chi connectivity index (χ1) is 7.98. The normalized spacial score (nSPS) is 14.1. The lowest BCUT2D eigenvalue weighted by atomic mass is 9.94. The predicted molar refractivity (Wildman–Crippen MR) is 63.1 cm³/mol. The molecule has 1 aromatic carbocycles. The second kappa shape index (κ2) is 5.11. The number of rotatable bonds is 5. The van der Waals surface area contributed by atoms with Gasteiger partial charge in [-0.15, -0.1) is 0 Å². The largest absolute Gasteiger partial charge is 0.497 e. The van der Waals surface area contributed by atoms with Crippen LogP contribution in [0.15, 0.2) is 18.2 Å². The summed E-state index contributed by atoms with van der Waals surface area (Å²) < 4.78 is 10.2. The summed E-state index contributed by atoms with van der Waals surface area (Å²) >= 11 is 0. The molecule has 17 heavy (non-hydrogen) atoms. The van der Waals surface area contributed by atoms with E-state index in [0.717, 1.165) is 0 Å². The Hall–Kier alpha value is -1.66. The maximum atomic E-state index is 11.0. The second-order valence-electron chi connectivity index (χ2n) is 3.78. The highest BCUT2D eigenvalue weighted by molar-refractivity contribution is 5.49. The van der Waals surface area contributed by atoms with Gasteiger partial charge in [-0.1, -0.05) is 0 Å². The van der Waals surface area contributed by atoms with Crippen LogP contribution < -0.4 is 10.5 Å². The maximum Gasteiger partial charge on any atom is 0.279 e. The average Bonchev–Trinajstić information content (AvgIpc) is 2.37. The van der Waals surface area contributed by atoms with Crippen molar-refractivity contribution in [2.75, 3.05) is 20.8 Å². The third-order valence-corrected chi connectivity index (χ3v) is 2.81. The number of methoxy groups -OCH3 is 2. The summed E-state index contributed by atoms with van der Waals surface area (Å²) in [6.07, 6.45) is 0. The van der Waals surface area contributed by atoms with Crippen LogP contribution in [-0.2, 0) is 10.3 Å². The summed E-state index contributed by atoms with van der Waals surface area (Å²) in [4.78, 5) is 10.6. The van der Waals surface area contributed by atoms with E-state index in [-0.39, 0.29) is 12.2 Å². The van der Waals surface area contributed by atoms with Crippen molar-refractivity contribution in [1.82, 2.24) is 0 Å². The highest BCUT2D eigenvalue weighted by atomic mass is 16.6. The van der Waals surface area contributed by atoms with Gasteiger partial charge in [0.1, 0.15) is 11.4 Å². The van der Waals surface area contributed by atoms with Gasteiger partial charge in [0.05, 0.1) is 23.7 Å². The Morgan fingerprint density at radius 1 is 1.47 bits per heavy atom. The van der Waals surface area contributed by atoms with E-state index < -0.39 is 10.5 Å². The zero-order valence-electron chi connectivity index (χ0n) is 10.1. The van der Waals surface area contributed by atoms with Gasteiger partial charge in [-0.2, -0.15) is 0 Å². The molecule has 0 aliphatic heterocycles. The summed E-state index contributed by atoms with van der Waals surface area (Å²) in [5.41, 5.74) is 5.11. The number of hydrogen-bond donors (Lipinski definition) is 1. The summed E-state index contributed by atoms with van der Waals surface area (Å²) in [7, 11) is 2.93. The van der Waals surface area contributed by atoms with Crippen molar-refractivity contribution < 1.29 is 14.4 Å². The number of benzene rings is 1. The number of nitrogens with zero attached hydrogens (tertiary/aromatic N) is 1. The third-order valence-electron chi connectivity index (χ3n) is 2.81. The van der Waals surface area contributed by atoms with Crippen LogP contribution in [0.5, 0.6) is 5.75 Å². The van der Waals surface area contributed by atoms with Crippen LogP contribution in [0.3, 0.4) is 0 Å². The van der Waals surface area contributed by atoms with Gasteiger partial charge < -0.3 is 15.2 Å². The Kier molecular flexibility index (Phi) is 4.03. The first-order valence-corrected chi connectivity index (χ1v) is 5.06. The van der Waals surface area contributed by atoms with Gasteiger partial charge in [-0.05, 0) is 19.1 Å². The standard InChI is InChI=1S/C11H16N2O4/c1-11(7-12,17-3)9-5-4-8(16-2)6-10(9)13(14)15/h4-6H,7,12H2,1-3H3. The molecule has 0 radical (unpaired) electrons. The fourth-order valence-electron chi connectivity index (χ4n) is 1.54. The van der Waals surface area contributed by atoms with E-state index in [1.807, 2.05) is 0 Å². The van der Waals surface area contributed by atoms with Crippen molar-refractivity contribution in [3.8, 4) is 5.75 Å². The van der Waals surface area contributed by atoms with Crippen molar-refractivity contribution in [3.05, 3.63) is 33.9 Å². The Bertz CT molecular complexity index is 416. The molecule has 94 valence electrons.